The van der Waals surface area contributed by atoms with Crippen LogP contribution in [0.25, 0.3) is 0 Å². The van der Waals surface area contributed by atoms with Crippen LogP contribution in [0.4, 0.5) is 10.1 Å². The van der Waals surface area contributed by atoms with E-state index in [4.69, 9.17) is 11.6 Å². The number of rotatable bonds is 4. The zero-order valence-electron chi connectivity index (χ0n) is 12.7. The van der Waals surface area contributed by atoms with E-state index in [2.05, 4.69) is 26.2 Å². The quantitative estimate of drug-likeness (QED) is 0.541. The van der Waals surface area contributed by atoms with Crippen molar-refractivity contribution < 1.29 is 9.18 Å². The second-order valence-corrected chi connectivity index (χ2v) is 7.35. The van der Waals surface area contributed by atoms with Crippen LogP contribution < -0.4 is 5.32 Å². The smallest absolute Gasteiger partial charge is 0.256 e. The zero-order valence-corrected chi connectivity index (χ0v) is 15.8. The van der Waals surface area contributed by atoms with Crippen molar-refractivity contribution in [1.82, 2.24) is 4.98 Å². The number of amides is 1. The zero-order chi connectivity index (χ0) is 17.8. The average Bonchev–Trinajstić information content (AvgIpc) is 2.61. The molecule has 0 aliphatic rings. The Hall–Kier alpha value is -1.89. The van der Waals surface area contributed by atoms with Crippen LogP contribution in [0.5, 0.6) is 0 Å². The largest absolute Gasteiger partial charge is 0.319 e. The Morgan fingerprint density at radius 2 is 1.92 bits per heavy atom. The minimum atomic E-state index is -0.655. The Morgan fingerprint density at radius 1 is 1.12 bits per heavy atom. The number of hydrogen-bond acceptors (Lipinski definition) is 3. The van der Waals surface area contributed by atoms with E-state index in [9.17, 15) is 9.18 Å². The molecule has 7 heteroatoms. The van der Waals surface area contributed by atoms with E-state index in [0.717, 1.165) is 14.4 Å². The lowest BCUT2D eigenvalue weighted by atomic mass is 10.2. The van der Waals surface area contributed by atoms with Crippen LogP contribution in [0.15, 0.2) is 75.2 Å². The lowest BCUT2D eigenvalue weighted by Gasteiger charge is -2.10. The van der Waals surface area contributed by atoms with Crippen LogP contribution in [0.1, 0.15) is 10.4 Å². The van der Waals surface area contributed by atoms with Crippen molar-refractivity contribution in [3.05, 3.63) is 81.7 Å². The molecule has 1 heterocycles. The van der Waals surface area contributed by atoms with Gasteiger partial charge in [0.2, 0.25) is 0 Å². The first kappa shape index (κ1) is 17.9. The summed E-state index contributed by atoms with van der Waals surface area (Å²) in [5, 5.41) is 3.27. The normalized spacial score (nSPS) is 10.5. The molecule has 1 N–H and O–H groups in total. The molecule has 1 amide bonds. The van der Waals surface area contributed by atoms with Crippen molar-refractivity contribution in [1.29, 1.82) is 0 Å². The fraction of sp³-hybridized carbons (Fsp3) is 0. The summed E-state index contributed by atoms with van der Waals surface area (Å²) >= 11 is 10.4. The molecule has 2 aromatic carbocycles. The summed E-state index contributed by atoms with van der Waals surface area (Å²) in [5.41, 5.74) is 0.468. The highest BCUT2D eigenvalue weighted by molar-refractivity contribution is 9.10. The number of anilines is 1. The van der Waals surface area contributed by atoms with Crippen LogP contribution in [0.2, 0.25) is 5.02 Å². The SMILES string of the molecule is O=C(Nc1cccc(Cl)c1F)c1ccccc1Sc1ccc(Br)cn1. The molecular weight excluding hydrogens is 427 g/mol. The van der Waals surface area contributed by atoms with Crippen molar-refractivity contribution in [3.63, 3.8) is 0 Å². The van der Waals surface area contributed by atoms with E-state index >= 15 is 0 Å². The molecule has 3 nitrogen and oxygen atoms in total. The molecule has 0 unspecified atom stereocenters. The fourth-order valence-electron chi connectivity index (χ4n) is 2.07. The molecule has 0 saturated carbocycles. The van der Waals surface area contributed by atoms with Gasteiger partial charge in [-0.05, 0) is 52.3 Å². The average molecular weight is 438 g/mol. The summed E-state index contributed by atoms with van der Waals surface area (Å²) in [4.78, 5) is 17.6. The lowest BCUT2D eigenvalue weighted by molar-refractivity contribution is 0.102. The lowest BCUT2D eigenvalue weighted by Crippen LogP contribution is -2.14. The van der Waals surface area contributed by atoms with Crippen LogP contribution in [-0.2, 0) is 0 Å². The molecule has 3 aromatic rings. The summed E-state index contributed by atoms with van der Waals surface area (Å²) in [6.07, 6.45) is 1.69. The molecule has 126 valence electrons. The third-order valence-corrected chi connectivity index (χ3v) is 5.03. The van der Waals surface area contributed by atoms with Crippen molar-refractivity contribution in [2.45, 2.75) is 9.92 Å². The second kappa shape index (κ2) is 7.99. The number of pyridine rings is 1. The van der Waals surface area contributed by atoms with Gasteiger partial charge in [-0.15, -0.1) is 0 Å². The van der Waals surface area contributed by atoms with Gasteiger partial charge >= 0.3 is 0 Å². The topological polar surface area (TPSA) is 42.0 Å². The fourth-order valence-corrected chi connectivity index (χ4v) is 3.36. The third kappa shape index (κ3) is 4.39. The first-order valence-electron chi connectivity index (χ1n) is 7.18. The van der Waals surface area contributed by atoms with Gasteiger partial charge in [-0.25, -0.2) is 9.37 Å². The van der Waals surface area contributed by atoms with E-state index in [-0.39, 0.29) is 10.7 Å². The molecule has 0 spiro atoms. The second-order valence-electron chi connectivity index (χ2n) is 4.97. The van der Waals surface area contributed by atoms with Gasteiger partial charge < -0.3 is 5.32 Å². The highest BCUT2D eigenvalue weighted by Gasteiger charge is 2.15. The van der Waals surface area contributed by atoms with E-state index < -0.39 is 11.7 Å². The number of nitrogens with one attached hydrogen (secondary N) is 1. The molecule has 0 atom stereocenters. The van der Waals surface area contributed by atoms with Gasteiger partial charge in [-0.1, -0.05) is 41.6 Å². The number of nitrogens with zero attached hydrogens (tertiary/aromatic N) is 1. The van der Waals surface area contributed by atoms with Gasteiger partial charge in [-0.2, -0.15) is 0 Å². The predicted octanol–water partition coefficient (Wildman–Crippen LogP) is 6.04. The Labute approximate surface area is 161 Å². The molecule has 0 radical (unpaired) electrons. The van der Waals surface area contributed by atoms with Gasteiger partial charge in [0.1, 0.15) is 5.03 Å². The van der Waals surface area contributed by atoms with Crippen molar-refractivity contribution in [3.8, 4) is 0 Å². The number of benzene rings is 2. The molecule has 3 rings (SSSR count). The summed E-state index contributed by atoms with van der Waals surface area (Å²) in [7, 11) is 0. The molecular formula is C18H11BrClFN2OS. The summed E-state index contributed by atoms with van der Waals surface area (Å²) in [6.45, 7) is 0. The number of hydrogen-bond donors (Lipinski definition) is 1. The molecule has 0 aliphatic heterocycles. The maximum atomic E-state index is 14.0. The third-order valence-electron chi connectivity index (χ3n) is 3.25. The monoisotopic (exact) mass is 436 g/mol. The van der Waals surface area contributed by atoms with Gasteiger partial charge in [0.25, 0.3) is 5.91 Å². The molecule has 1 aromatic heterocycles. The number of carbonyl (C=O) groups is 1. The highest BCUT2D eigenvalue weighted by atomic mass is 79.9. The summed E-state index contributed by atoms with van der Waals surface area (Å²) in [5.74, 6) is -1.07. The Balaban J connectivity index is 1.85. The van der Waals surface area contributed by atoms with Crippen LogP contribution >= 0.6 is 39.3 Å². The van der Waals surface area contributed by atoms with E-state index in [1.54, 1.807) is 24.4 Å². The van der Waals surface area contributed by atoms with Crippen LogP contribution in [0.3, 0.4) is 0 Å². The first-order valence-corrected chi connectivity index (χ1v) is 9.17. The van der Waals surface area contributed by atoms with Crippen molar-refractivity contribution in [2.75, 3.05) is 5.32 Å². The maximum absolute atomic E-state index is 14.0. The standard InChI is InChI=1S/C18H11BrClFN2OS/c19-11-8-9-16(22-10-11)25-15-7-2-1-4-12(15)18(24)23-14-6-3-5-13(20)17(14)21/h1-10H,(H,23,24). The highest BCUT2D eigenvalue weighted by Crippen LogP contribution is 2.30. The summed E-state index contributed by atoms with van der Waals surface area (Å²) in [6, 6.07) is 15.3. The Kier molecular flexibility index (Phi) is 5.73. The molecule has 0 bridgehead atoms. The van der Waals surface area contributed by atoms with Gasteiger partial charge in [0.05, 0.1) is 16.3 Å². The minimum Gasteiger partial charge on any atom is -0.319 e. The minimum absolute atomic E-state index is 0.0408. The predicted molar refractivity (Wildman–Crippen MR) is 102 cm³/mol. The molecule has 0 saturated heterocycles. The van der Waals surface area contributed by atoms with Crippen LogP contribution in [0, 0.1) is 5.82 Å². The van der Waals surface area contributed by atoms with E-state index in [1.165, 1.54) is 23.9 Å². The number of carbonyl (C=O) groups excluding carboxylic acids is 1. The van der Waals surface area contributed by atoms with E-state index in [1.807, 2.05) is 24.3 Å². The molecule has 25 heavy (non-hydrogen) atoms. The van der Waals surface area contributed by atoms with Crippen molar-refractivity contribution >= 4 is 50.9 Å². The number of aromatic nitrogens is 1. The summed E-state index contributed by atoms with van der Waals surface area (Å²) < 4.78 is 14.9. The Bertz CT molecular complexity index is 921. The first-order chi connectivity index (χ1) is 12.0. The van der Waals surface area contributed by atoms with Gasteiger partial charge in [0.15, 0.2) is 5.82 Å². The number of halogens is 3. The van der Waals surface area contributed by atoms with Gasteiger partial charge in [-0.3, -0.25) is 4.79 Å². The Morgan fingerprint density at radius 3 is 2.68 bits per heavy atom. The maximum Gasteiger partial charge on any atom is 0.256 e. The molecule has 0 fully saturated rings. The van der Waals surface area contributed by atoms with E-state index in [0.29, 0.717) is 5.56 Å². The molecule has 0 aliphatic carbocycles. The van der Waals surface area contributed by atoms with Gasteiger partial charge in [0, 0.05) is 15.6 Å². The van der Waals surface area contributed by atoms with Crippen LogP contribution in [-0.4, -0.2) is 10.9 Å². The van der Waals surface area contributed by atoms with Crippen molar-refractivity contribution in [2.24, 2.45) is 0 Å².